The Morgan fingerprint density at radius 2 is 1.65 bits per heavy atom. The molecule has 1 aliphatic heterocycles. The molecule has 132 valence electrons. The number of benzene rings is 2. The third-order valence-corrected chi connectivity index (χ3v) is 4.85. The van der Waals surface area contributed by atoms with Gasteiger partial charge in [-0.2, -0.15) is 0 Å². The maximum absolute atomic E-state index is 13.4. The second kappa shape index (κ2) is 7.14. The molecule has 5 heteroatoms. The van der Waals surface area contributed by atoms with Crippen molar-refractivity contribution in [2.75, 3.05) is 18.9 Å². The fourth-order valence-electron chi connectivity index (χ4n) is 3.61. The summed E-state index contributed by atoms with van der Waals surface area (Å²) in [5, 5.41) is 6.42. The summed E-state index contributed by atoms with van der Waals surface area (Å²) in [6.07, 6.45) is 0.710. The second-order valence-electron chi connectivity index (χ2n) is 6.44. The van der Waals surface area contributed by atoms with Crippen LogP contribution in [0.1, 0.15) is 28.4 Å². The van der Waals surface area contributed by atoms with E-state index in [-0.39, 0.29) is 11.6 Å². The monoisotopic (exact) mass is 346 g/mol. The van der Waals surface area contributed by atoms with Crippen molar-refractivity contribution in [3.8, 4) is 0 Å². The van der Waals surface area contributed by atoms with E-state index in [4.69, 9.17) is 4.98 Å². The van der Waals surface area contributed by atoms with Crippen molar-refractivity contribution in [1.29, 1.82) is 0 Å². The molecule has 0 fully saturated rings. The zero-order valence-corrected chi connectivity index (χ0v) is 14.8. The third-order valence-electron chi connectivity index (χ3n) is 4.85. The minimum Gasteiger partial charge on any atom is -0.359 e. The highest BCUT2D eigenvalue weighted by atomic mass is 16.1. The first-order valence-electron chi connectivity index (χ1n) is 8.92. The highest BCUT2D eigenvalue weighted by Gasteiger charge is 2.25. The molecular formula is C21H22N4O. The molecule has 2 heterocycles. The SMILES string of the molecule is CNc1nc2c(c(=O)n1C(c1ccccc1)c1ccccc1)CCNC2. The molecule has 3 aromatic rings. The van der Waals surface area contributed by atoms with Crippen molar-refractivity contribution < 1.29 is 0 Å². The summed E-state index contributed by atoms with van der Waals surface area (Å²) in [5.41, 5.74) is 3.83. The van der Waals surface area contributed by atoms with E-state index in [1.165, 1.54) is 0 Å². The Bertz CT molecular complexity index is 911. The standard InChI is InChI=1S/C21H22N4O/c1-22-21-24-18-14-23-13-12-17(18)20(26)25(21)19(15-8-4-2-5-9-15)16-10-6-3-7-11-16/h2-11,19,23H,12-14H2,1H3,(H,22,24). The van der Waals surface area contributed by atoms with E-state index in [1.807, 2.05) is 43.4 Å². The lowest BCUT2D eigenvalue weighted by Gasteiger charge is -2.26. The van der Waals surface area contributed by atoms with Crippen LogP contribution in [0, 0.1) is 0 Å². The minimum atomic E-state index is -0.222. The van der Waals surface area contributed by atoms with Crippen molar-refractivity contribution in [1.82, 2.24) is 14.9 Å². The second-order valence-corrected chi connectivity index (χ2v) is 6.44. The summed E-state index contributed by atoms with van der Waals surface area (Å²) in [5.74, 6) is 0.593. The van der Waals surface area contributed by atoms with Crippen molar-refractivity contribution in [2.24, 2.45) is 0 Å². The Labute approximate surface area is 152 Å². The van der Waals surface area contributed by atoms with Crippen LogP contribution in [0.5, 0.6) is 0 Å². The van der Waals surface area contributed by atoms with Gasteiger partial charge in [0, 0.05) is 19.2 Å². The molecule has 2 aromatic carbocycles. The quantitative estimate of drug-likeness (QED) is 0.762. The topological polar surface area (TPSA) is 59.0 Å². The van der Waals surface area contributed by atoms with Crippen LogP contribution < -0.4 is 16.2 Å². The van der Waals surface area contributed by atoms with Gasteiger partial charge in [0.15, 0.2) is 0 Å². The maximum atomic E-state index is 13.4. The highest BCUT2D eigenvalue weighted by molar-refractivity contribution is 5.40. The molecule has 0 atom stereocenters. The van der Waals surface area contributed by atoms with Gasteiger partial charge >= 0.3 is 0 Å². The van der Waals surface area contributed by atoms with Crippen molar-refractivity contribution >= 4 is 5.95 Å². The minimum absolute atomic E-state index is 0.0403. The van der Waals surface area contributed by atoms with Gasteiger partial charge < -0.3 is 10.6 Å². The average molecular weight is 346 g/mol. The molecule has 0 spiro atoms. The smallest absolute Gasteiger partial charge is 0.259 e. The van der Waals surface area contributed by atoms with E-state index in [2.05, 4.69) is 34.9 Å². The molecule has 5 nitrogen and oxygen atoms in total. The van der Waals surface area contributed by atoms with Crippen LogP contribution in [0.4, 0.5) is 5.95 Å². The summed E-state index contributed by atoms with van der Waals surface area (Å²) in [7, 11) is 1.81. The lowest BCUT2D eigenvalue weighted by Crippen LogP contribution is -2.37. The average Bonchev–Trinajstić information content (AvgIpc) is 2.71. The molecular weight excluding hydrogens is 324 g/mol. The summed E-state index contributed by atoms with van der Waals surface area (Å²) in [4.78, 5) is 18.2. The predicted octanol–water partition coefficient (Wildman–Crippen LogP) is 2.57. The molecule has 0 bridgehead atoms. The lowest BCUT2D eigenvalue weighted by molar-refractivity contribution is 0.578. The number of fused-ring (bicyclic) bond motifs is 1. The Hall–Kier alpha value is -2.92. The number of nitrogens with zero attached hydrogens (tertiary/aromatic N) is 2. The summed E-state index contributed by atoms with van der Waals surface area (Å²) in [6.45, 7) is 1.45. The Morgan fingerprint density at radius 3 is 2.23 bits per heavy atom. The third kappa shape index (κ3) is 2.91. The first-order valence-corrected chi connectivity index (χ1v) is 8.92. The molecule has 0 aliphatic carbocycles. The number of rotatable bonds is 4. The van der Waals surface area contributed by atoms with Crippen LogP contribution in [0.2, 0.25) is 0 Å². The normalized spacial score (nSPS) is 13.5. The van der Waals surface area contributed by atoms with Crippen LogP contribution in [-0.2, 0) is 13.0 Å². The molecule has 26 heavy (non-hydrogen) atoms. The molecule has 0 unspecified atom stereocenters. The lowest BCUT2D eigenvalue weighted by atomic mass is 9.97. The van der Waals surface area contributed by atoms with Gasteiger partial charge in [-0.3, -0.25) is 9.36 Å². The molecule has 0 saturated carbocycles. The number of aromatic nitrogens is 2. The zero-order chi connectivity index (χ0) is 17.9. The van der Waals surface area contributed by atoms with Gasteiger partial charge in [0.1, 0.15) is 0 Å². The van der Waals surface area contributed by atoms with Crippen LogP contribution in [-0.4, -0.2) is 23.1 Å². The van der Waals surface area contributed by atoms with Gasteiger partial charge in [-0.1, -0.05) is 60.7 Å². The van der Waals surface area contributed by atoms with E-state index in [0.717, 1.165) is 28.9 Å². The van der Waals surface area contributed by atoms with Crippen LogP contribution in [0.3, 0.4) is 0 Å². The molecule has 1 aliphatic rings. The molecule has 0 radical (unpaired) electrons. The highest BCUT2D eigenvalue weighted by Crippen LogP contribution is 2.28. The largest absolute Gasteiger partial charge is 0.359 e. The zero-order valence-electron chi connectivity index (χ0n) is 14.8. The van der Waals surface area contributed by atoms with Gasteiger partial charge in [0.25, 0.3) is 5.56 Å². The molecule has 2 N–H and O–H groups in total. The number of hydrogen-bond donors (Lipinski definition) is 2. The van der Waals surface area contributed by atoms with Crippen molar-refractivity contribution in [2.45, 2.75) is 19.0 Å². The van der Waals surface area contributed by atoms with Crippen molar-refractivity contribution in [3.05, 3.63) is 93.4 Å². The Morgan fingerprint density at radius 1 is 1.04 bits per heavy atom. The van der Waals surface area contributed by atoms with Gasteiger partial charge in [0.2, 0.25) is 5.95 Å². The first-order chi connectivity index (χ1) is 12.8. The van der Waals surface area contributed by atoms with E-state index in [9.17, 15) is 4.79 Å². The van der Waals surface area contributed by atoms with Gasteiger partial charge in [0.05, 0.1) is 11.7 Å². The van der Waals surface area contributed by atoms with Gasteiger partial charge in [-0.15, -0.1) is 0 Å². The van der Waals surface area contributed by atoms with E-state index >= 15 is 0 Å². The fourth-order valence-corrected chi connectivity index (χ4v) is 3.61. The molecule has 0 amide bonds. The van der Waals surface area contributed by atoms with E-state index in [0.29, 0.717) is 18.9 Å². The number of nitrogens with one attached hydrogen (secondary N) is 2. The first kappa shape index (κ1) is 16.5. The Balaban J connectivity index is 1.99. The number of anilines is 1. The van der Waals surface area contributed by atoms with Crippen molar-refractivity contribution in [3.63, 3.8) is 0 Å². The van der Waals surface area contributed by atoms with Crippen LogP contribution in [0.25, 0.3) is 0 Å². The maximum Gasteiger partial charge on any atom is 0.259 e. The summed E-state index contributed by atoms with van der Waals surface area (Å²) < 4.78 is 1.80. The summed E-state index contributed by atoms with van der Waals surface area (Å²) >= 11 is 0. The van der Waals surface area contributed by atoms with Gasteiger partial charge in [-0.05, 0) is 24.1 Å². The van der Waals surface area contributed by atoms with Gasteiger partial charge in [-0.25, -0.2) is 4.98 Å². The Kier molecular flexibility index (Phi) is 4.54. The molecule has 4 rings (SSSR count). The molecule has 1 aromatic heterocycles. The molecule has 0 saturated heterocycles. The fraction of sp³-hybridized carbons (Fsp3) is 0.238. The summed E-state index contributed by atoms with van der Waals surface area (Å²) in [6, 6.07) is 20.0. The van der Waals surface area contributed by atoms with Crippen LogP contribution in [0.15, 0.2) is 65.5 Å². The number of hydrogen-bond acceptors (Lipinski definition) is 4. The van der Waals surface area contributed by atoms with Crippen LogP contribution >= 0.6 is 0 Å². The van der Waals surface area contributed by atoms with E-state index < -0.39 is 0 Å². The van der Waals surface area contributed by atoms with E-state index in [1.54, 1.807) is 4.57 Å². The predicted molar refractivity (Wildman–Crippen MR) is 104 cm³/mol.